The van der Waals surface area contributed by atoms with Gasteiger partial charge < -0.3 is 16.0 Å². The summed E-state index contributed by atoms with van der Waals surface area (Å²) in [5.74, 6) is -0.176. The molecular weight excluding hydrogens is 464 g/mol. The third kappa shape index (κ3) is 10.1. The molecule has 0 radical (unpaired) electrons. The minimum Gasteiger partial charge on any atom is -0.358 e. The van der Waals surface area contributed by atoms with E-state index in [1.165, 1.54) is 11.6 Å². The highest BCUT2D eigenvalue weighted by molar-refractivity contribution is 8.21. The number of rotatable bonds is 12. The summed E-state index contributed by atoms with van der Waals surface area (Å²) in [7, 11) is 5.49. The third-order valence-corrected chi connectivity index (χ3v) is 8.60. The van der Waals surface area contributed by atoms with Gasteiger partial charge in [-0.05, 0) is 66.2 Å². The van der Waals surface area contributed by atoms with E-state index < -0.39 is 26.0 Å². The number of hydrogen-bond donors (Lipinski definition) is 3. The van der Waals surface area contributed by atoms with E-state index in [1.807, 2.05) is 69.6 Å². The van der Waals surface area contributed by atoms with Crippen molar-refractivity contribution in [1.29, 1.82) is 0 Å². The second-order valence-corrected chi connectivity index (χ2v) is 15.7. The topological polar surface area (TPSA) is 87.3 Å². The maximum atomic E-state index is 13.3. The zero-order valence-electron chi connectivity index (χ0n) is 24.2. The Labute approximate surface area is 219 Å². The van der Waals surface area contributed by atoms with Gasteiger partial charge in [0.05, 0.1) is 9.49 Å². The summed E-state index contributed by atoms with van der Waals surface area (Å²) in [5, 5.41) is 9.14. The molecule has 6 nitrogen and oxygen atoms in total. The van der Waals surface area contributed by atoms with Crippen LogP contribution in [0.1, 0.15) is 95.4 Å². The molecule has 0 fully saturated rings. The number of hydrogen-bond acceptors (Lipinski definition) is 5. The maximum absolute atomic E-state index is 13.3. The second kappa shape index (κ2) is 11.5. The summed E-state index contributed by atoms with van der Waals surface area (Å²) in [4.78, 5) is 39.0. The zero-order chi connectivity index (χ0) is 27.4. The first-order valence-electron chi connectivity index (χ1n) is 12.0. The van der Waals surface area contributed by atoms with Crippen molar-refractivity contribution >= 4 is 55.2 Å². The Balaban J connectivity index is 5.46. The van der Waals surface area contributed by atoms with Gasteiger partial charge in [-0.15, -0.1) is 0 Å². The van der Waals surface area contributed by atoms with Crippen molar-refractivity contribution < 1.29 is 14.4 Å². The van der Waals surface area contributed by atoms with E-state index in [-0.39, 0.29) is 23.1 Å². The van der Waals surface area contributed by atoms with Gasteiger partial charge >= 0.3 is 0 Å². The van der Waals surface area contributed by atoms with Crippen molar-refractivity contribution in [2.24, 2.45) is 10.8 Å². The lowest BCUT2D eigenvalue weighted by atomic mass is 9.79. The van der Waals surface area contributed by atoms with Crippen LogP contribution < -0.4 is 16.0 Å². The van der Waals surface area contributed by atoms with Crippen molar-refractivity contribution in [1.82, 2.24) is 16.0 Å². The van der Waals surface area contributed by atoms with Crippen LogP contribution in [0.2, 0.25) is 0 Å². The largest absolute Gasteiger partial charge is 0.358 e. The molecule has 3 N–H and O–H groups in total. The lowest BCUT2D eigenvalue weighted by Gasteiger charge is -2.42. The number of carbonyl (C=O) groups excluding carboxylic acids is 3. The third-order valence-electron chi connectivity index (χ3n) is 6.14. The molecule has 2 unspecified atom stereocenters. The van der Waals surface area contributed by atoms with Gasteiger partial charge in [-0.1, -0.05) is 34.6 Å². The van der Waals surface area contributed by atoms with Gasteiger partial charge in [0.1, 0.15) is 0 Å². The van der Waals surface area contributed by atoms with Crippen LogP contribution in [0.3, 0.4) is 0 Å². The summed E-state index contributed by atoms with van der Waals surface area (Å²) in [6, 6.07) is 0. The van der Waals surface area contributed by atoms with Crippen LogP contribution in [-0.4, -0.2) is 59.6 Å². The van der Waals surface area contributed by atoms with Crippen LogP contribution >= 0.6 is 23.2 Å². The number of nitrogens with one attached hydrogen (secondary N) is 3. The molecule has 0 spiro atoms. The van der Waals surface area contributed by atoms with Crippen LogP contribution in [0.4, 0.5) is 0 Å². The van der Waals surface area contributed by atoms with E-state index in [0.717, 1.165) is 6.42 Å². The van der Waals surface area contributed by atoms with Gasteiger partial charge in [-0.2, -0.15) is 0 Å². The molecule has 0 aliphatic carbocycles. The van der Waals surface area contributed by atoms with E-state index in [4.69, 9.17) is 0 Å². The zero-order valence-corrected chi connectivity index (χ0v) is 25.8. The fourth-order valence-corrected chi connectivity index (χ4v) is 6.41. The quantitative estimate of drug-likeness (QED) is 0.350. The summed E-state index contributed by atoms with van der Waals surface area (Å²) in [6.07, 6.45) is 1.72. The van der Waals surface area contributed by atoms with Crippen molar-refractivity contribution in [2.75, 3.05) is 7.05 Å². The monoisotopic (exact) mass is 513 g/mol. The highest BCUT2D eigenvalue weighted by Gasteiger charge is 2.44. The Morgan fingerprint density at radius 2 is 1.00 bits per heavy atom. The lowest BCUT2D eigenvalue weighted by molar-refractivity contribution is -0.133. The van der Waals surface area contributed by atoms with Crippen molar-refractivity contribution in [3.05, 3.63) is 0 Å². The Bertz CT molecular complexity index is 754. The van der Waals surface area contributed by atoms with E-state index in [1.54, 1.807) is 18.7 Å². The molecule has 2 atom stereocenters. The predicted octanol–water partition coefficient (Wildman–Crippen LogP) is 2.84. The molecule has 0 rings (SSSR count). The van der Waals surface area contributed by atoms with Crippen LogP contribution in [0.25, 0.3) is 0 Å². The molecular formula is C24H49B2N3O3S2. The Morgan fingerprint density at radius 1 is 0.618 bits per heavy atom. The summed E-state index contributed by atoms with van der Waals surface area (Å²) in [5.41, 5.74) is -1.81. The highest BCUT2D eigenvalue weighted by atomic mass is 32.2. The maximum Gasteiger partial charge on any atom is 0.235 e. The van der Waals surface area contributed by atoms with E-state index in [9.17, 15) is 14.4 Å². The van der Waals surface area contributed by atoms with Crippen LogP contribution in [-0.2, 0) is 14.4 Å². The molecule has 196 valence electrons. The number of carbonyl (C=O) groups is 3. The van der Waals surface area contributed by atoms with Crippen LogP contribution in [0.15, 0.2) is 0 Å². The van der Waals surface area contributed by atoms with Crippen LogP contribution in [0, 0.1) is 10.8 Å². The Morgan fingerprint density at radius 3 is 1.35 bits per heavy atom. The average molecular weight is 513 g/mol. The molecule has 0 saturated carbocycles. The molecule has 3 amide bonds. The summed E-state index contributed by atoms with van der Waals surface area (Å²) >= 11 is 3.03. The summed E-state index contributed by atoms with van der Waals surface area (Å²) in [6.45, 7) is 22.0. The molecule has 0 bridgehead atoms. The minimum absolute atomic E-state index is 0.0173. The van der Waals surface area contributed by atoms with Crippen molar-refractivity contribution in [2.45, 2.75) is 116 Å². The molecule has 0 aromatic carbocycles. The first kappa shape index (κ1) is 33.2. The van der Waals surface area contributed by atoms with Gasteiger partial charge in [0.15, 0.2) is 14.2 Å². The SMILES string of the molecule is BSC(C)(CC(C)(C)C(=O)NC(C)(C)CC(C)(C)NC(=O)C(C)(CC(C)(C)C)SB)C(=O)NC. The molecule has 0 aliphatic rings. The van der Waals surface area contributed by atoms with Crippen molar-refractivity contribution in [3.8, 4) is 0 Å². The smallest absolute Gasteiger partial charge is 0.235 e. The lowest BCUT2D eigenvalue weighted by Crippen LogP contribution is -2.58. The minimum atomic E-state index is -0.751. The summed E-state index contributed by atoms with van der Waals surface area (Å²) < 4.78 is -1.24. The average Bonchev–Trinajstić information content (AvgIpc) is 2.63. The first-order valence-corrected chi connectivity index (χ1v) is 14.4. The Hall–Kier alpha value is -0.760. The fraction of sp³-hybridized carbons (Fsp3) is 0.875. The molecule has 0 aliphatic heterocycles. The Kier molecular flexibility index (Phi) is 11.3. The first-order chi connectivity index (χ1) is 15.0. The molecule has 0 saturated heterocycles. The fourth-order valence-electron chi connectivity index (χ4n) is 4.80. The van der Waals surface area contributed by atoms with Gasteiger partial charge in [-0.25, -0.2) is 23.2 Å². The highest BCUT2D eigenvalue weighted by Crippen LogP contribution is 2.38. The van der Waals surface area contributed by atoms with Gasteiger partial charge in [-0.3, -0.25) is 14.4 Å². The molecule has 10 heteroatoms. The van der Waals surface area contributed by atoms with Crippen molar-refractivity contribution in [3.63, 3.8) is 0 Å². The van der Waals surface area contributed by atoms with Gasteiger partial charge in [0, 0.05) is 23.5 Å². The van der Waals surface area contributed by atoms with Gasteiger partial charge in [0.2, 0.25) is 17.7 Å². The van der Waals surface area contributed by atoms with Gasteiger partial charge in [0.25, 0.3) is 0 Å². The normalized spacial score (nSPS) is 16.7. The second-order valence-electron chi connectivity index (χ2n) is 13.1. The van der Waals surface area contributed by atoms with E-state index in [0.29, 0.717) is 12.8 Å². The van der Waals surface area contributed by atoms with Crippen LogP contribution in [0.5, 0.6) is 0 Å². The standard InChI is InChI=1S/C24H49B2N3O3S2/c1-19(2,3)13-23(10,33-25)18(32)29-22(8,9)15-21(6,7)28-16(30)20(4,5)14-24(11,34-26)17(31)27-12/h13-15,25-26H2,1-12H3,(H,27,31)(H,28,30)(H,29,32). The molecule has 0 heterocycles. The predicted molar refractivity (Wildman–Crippen MR) is 155 cm³/mol. The molecule has 34 heavy (non-hydrogen) atoms. The molecule has 0 aromatic rings. The van der Waals surface area contributed by atoms with E-state index in [2.05, 4.69) is 36.7 Å². The van der Waals surface area contributed by atoms with E-state index >= 15 is 0 Å². The molecule has 0 aromatic heterocycles. The number of amides is 3.